The van der Waals surface area contributed by atoms with E-state index < -0.39 is 6.09 Å². The molecule has 32 heavy (non-hydrogen) atoms. The monoisotopic (exact) mass is 429 g/mol. The van der Waals surface area contributed by atoms with Gasteiger partial charge in [-0.1, -0.05) is 23.8 Å². The number of nitrogens with one attached hydrogen (secondary N) is 2. The highest BCUT2D eigenvalue weighted by molar-refractivity contribution is 6.09. The molecule has 6 heteroatoms. The van der Waals surface area contributed by atoms with Gasteiger partial charge in [-0.15, -0.1) is 0 Å². The number of hydrogen-bond acceptors (Lipinski definition) is 5. The Balaban J connectivity index is 1.70. The van der Waals surface area contributed by atoms with Gasteiger partial charge >= 0.3 is 6.09 Å². The zero-order valence-corrected chi connectivity index (χ0v) is 18.8. The van der Waals surface area contributed by atoms with Gasteiger partial charge in [0.2, 0.25) is 0 Å². The molecule has 0 fully saturated rings. The first-order valence-electron chi connectivity index (χ1n) is 10.6. The first-order chi connectivity index (χ1) is 15.5. The number of anilines is 2. The molecule has 0 bridgehead atoms. The van der Waals surface area contributed by atoms with E-state index in [1.807, 2.05) is 37.3 Å². The number of methoxy groups -OCH3 is 1. The Labute approximate surface area is 187 Å². The summed E-state index contributed by atoms with van der Waals surface area (Å²) in [5.41, 5.74) is 7.15. The molecule has 0 radical (unpaired) electrons. The molecule has 0 atom stereocenters. The molecule has 0 unspecified atom stereocenters. The van der Waals surface area contributed by atoms with Crippen LogP contribution >= 0.6 is 0 Å². The van der Waals surface area contributed by atoms with E-state index in [0.29, 0.717) is 13.0 Å². The van der Waals surface area contributed by atoms with E-state index in [4.69, 9.17) is 14.5 Å². The quantitative estimate of drug-likeness (QED) is 0.387. The van der Waals surface area contributed by atoms with Gasteiger partial charge in [0, 0.05) is 29.9 Å². The van der Waals surface area contributed by atoms with Crippen molar-refractivity contribution in [3.63, 3.8) is 0 Å². The minimum Gasteiger partial charge on any atom is -0.496 e. The van der Waals surface area contributed by atoms with Gasteiger partial charge in [0.1, 0.15) is 5.75 Å². The van der Waals surface area contributed by atoms with Gasteiger partial charge in [0.05, 0.1) is 30.4 Å². The summed E-state index contributed by atoms with van der Waals surface area (Å²) in [6.07, 6.45) is 0.241. The van der Waals surface area contributed by atoms with Crippen LogP contribution in [0.5, 0.6) is 5.75 Å². The Morgan fingerprint density at radius 3 is 2.44 bits per heavy atom. The van der Waals surface area contributed by atoms with Crippen molar-refractivity contribution in [2.75, 3.05) is 26.1 Å². The van der Waals surface area contributed by atoms with Crippen molar-refractivity contribution in [2.24, 2.45) is 0 Å². The molecule has 2 N–H and O–H groups in total. The van der Waals surface area contributed by atoms with Crippen molar-refractivity contribution in [3.8, 4) is 5.75 Å². The lowest BCUT2D eigenvalue weighted by Gasteiger charge is -2.16. The van der Waals surface area contributed by atoms with Gasteiger partial charge in [-0.25, -0.2) is 9.78 Å². The Bertz CT molecular complexity index is 1280. The zero-order valence-electron chi connectivity index (χ0n) is 18.8. The fourth-order valence-corrected chi connectivity index (χ4v) is 3.78. The fraction of sp³-hybridized carbons (Fsp3) is 0.231. The number of aromatic nitrogens is 1. The van der Waals surface area contributed by atoms with E-state index in [9.17, 15) is 4.79 Å². The van der Waals surface area contributed by atoms with Crippen LogP contribution in [0.25, 0.3) is 21.8 Å². The second-order valence-corrected chi connectivity index (χ2v) is 7.80. The fourth-order valence-electron chi connectivity index (χ4n) is 3.78. The van der Waals surface area contributed by atoms with Crippen molar-refractivity contribution < 1.29 is 14.3 Å². The third-order valence-electron chi connectivity index (χ3n) is 5.50. The maximum absolute atomic E-state index is 11.2. The van der Waals surface area contributed by atoms with Crippen molar-refractivity contribution in [3.05, 3.63) is 71.3 Å². The summed E-state index contributed by atoms with van der Waals surface area (Å²) in [7, 11) is 3.24. The minimum atomic E-state index is -0.416. The number of amides is 1. The van der Waals surface area contributed by atoms with E-state index in [-0.39, 0.29) is 0 Å². The molecular weight excluding hydrogens is 402 g/mol. The van der Waals surface area contributed by atoms with E-state index in [0.717, 1.165) is 50.1 Å². The van der Waals surface area contributed by atoms with E-state index in [1.54, 1.807) is 14.2 Å². The Morgan fingerprint density at radius 2 is 1.72 bits per heavy atom. The van der Waals surface area contributed by atoms with Crippen LogP contribution in [-0.2, 0) is 11.2 Å². The highest BCUT2D eigenvalue weighted by atomic mass is 16.5. The standard InChI is InChI=1S/C26H27N3O3/c1-16-5-10-22-20(13-16)25(21-15-24(31-4)17(2)14-23(21)29-22)28-19-8-6-18(7-9-19)11-12-32-26(30)27-3/h5-10,13-15H,11-12H2,1-4H3,(H,27,30)(H,28,29). The number of carbonyl (C=O) groups excluding carboxylic acids is 1. The molecule has 0 saturated heterocycles. The lowest BCUT2D eigenvalue weighted by Crippen LogP contribution is -2.20. The van der Waals surface area contributed by atoms with Crippen LogP contribution in [0.3, 0.4) is 0 Å². The predicted molar refractivity (Wildman–Crippen MR) is 129 cm³/mol. The molecule has 4 rings (SSSR count). The predicted octanol–water partition coefficient (Wildman–Crippen LogP) is 5.66. The van der Waals surface area contributed by atoms with Gasteiger partial charge in [0.25, 0.3) is 0 Å². The molecule has 1 aromatic heterocycles. The number of rotatable bonds is 6. The molecular formula is C26H27N3O3. The third kappa shape index (κ3) is 4.44. The van der Waals surface area contributed by atoms with Crippen LogP contribution < -0.4 is 15.4 Å². The van der Waals surface area contributed by atoms with Gasteiger partial charge in [0.15, 0.2) is 0 Å². The number of fused-ring (bicyclic) bond motifs is 2. The zero-order chi connectivity index (χ0) is 22.7. The number of hydrogen-bond donors (Lipinski definition) is 2. The average Bonchev–Trinajstić information content (AvgIpc) is 2.80. The molecule has 164 valence electrons. The summed E-state index contributed by atoms with van der Waals surface area (Å²) in [6, 6.07) is 18.6. The number of aryl methyl sites for hydroxylation is 2. The number of ether oxygens (including phenoxy) is 2. The SMILES string of the molecule is CNC(=O)OCCc1ccc(Nc2c3cc(C)ccc3nc3cc(C)c(OC)cc23)cc1. The van der Waals surface area contributed by atoms with Crippen LogP contribution in [-0.4, -0.2) is 31.8 Å². The van der Waals surface area contributed by atoms with Crippen molar-refractivity contribution in [1.29, 1.82) is 0 Å². The molecule has 1 heterocycles. The molecule has 6 nitrogen and oxygen atoms in total. The van der Waals surface area contributed by atoms with Gasteiger partial charge in [-0.3, -0.25) is 0 Å². The van der Waals surface area contributed by atoms with Gasteiger partial charge in [-0.2, -0.15) is 0 Å². The third-order valence-corrected chi connectivity index (χ3v) is 5.50. The molecule has 4 aromatic rings. The number of alkyl carbamates (subject to hydrolysis) is 1. The number of pyridine rings is 1. The summed E-state index contributed by atoms with van der Waals surface area (Å²) in [6.45, 7) is 4.45. The second kappa shape index (κ2) is 9.14. The molecule has 0 spiro atoms. The smallest absolute Gasteiger partial charge is 0.406 e. The summed E-state index contributed by atoms with van der Waals surface area (Å²) in [5.74, 6) is 0.834. The van der Waals surface area contributed by atoms with Crippen LogP contribution in [0.1, 0.15) is 16.7 Å². The van der Waals surface area contributed by atoms with Crippen molar-refractivity contribution >= 4 is 39.3 Å². The van der Waals surface area contributed by atoms with Crippen molar-refractivity contribution in [1.82, 2.24) is 10.3 Å². The molecule has 0 saturated carbocycles. The molecule has 0 aliphatic carbocycles. The summed E-state index contributed by atoms with van der Waals surface area (Å²) >= 11 is 0. The largest absolute Gasteiger partial charge is 0.496 e. The number of carbonyl (C=O) groups is 1. The van der Waals surface area contributed by atoms with Crippen LogP contribution in [0, 0.1) is 13.8 Å². The lowest BCUT2D eigenvalue weighted by molar-refractivity contribution is 0.150. The normalized spacial score (nSPS) is 10.9. The van der Waals surface area contributed by atoms with E-state index in [1.165, 1.54) is 5.56 Å². The van der Waals surface area contributed by atoms with Crippen LogP contribution in [0.15, 0.2) is 54.6 Å². The minimum absolute atomic E-state index is 0.338. The molecule has 1 amide bonds. The van der Waals surface area contributed by atoms with Gasteiger partial charge < -0.3 is 20.1 Å². The molecule has 0 aliphatic rings. The maximum Gasteiger partial charge on any atom is 0.406 e. The number of nitrogens with zero attached hydrogens (tertiary/aromatic N) is 1. The van der Waals surface area contributed by atoms with E-state index >= 15 is 0 Å². The topological polar surface area (TPSA) is 72.5 Å². The highest BCUT2D eigenvalue weighted by Crippen LogP contribution is 2.36. The Hall–Kier alpha value is -3.80. The maximum atomic E-state index is 11.2. The second-order valence-electron chi connectivity index (χ2n) is 7.80. The first kappa shape index (κ1) is 21.4. The summed E-state index contributed by atoms with van der Waals surface area (Å²) in [4.78, 5) is 16.1. The lowest BCUT2D eigenvalue weighted by atomic mass is 10.0. The highest BCUT2D eigenvalue weighted by Gasteiger charge is 2.13. The number of benzene rings is 3. The Morgan fingerprint density at radius 1 is 0.969 bits per heavy atom. The molecule has 3 aromatic carbocycles. The Kier molecular flexibility index (Phi) is 6.12. The first-order valence-corrected chi connectivity index (χ1v) is 10.6. The van der Waals surface area contributed by atoms with Crippen LogP contribution in [0.4, 0.5) is 16.2 Å². The average molecular weight is 430 g/mol. The summed E-state index contributed by atoms with van der Waals surface area (Å²) < 4.78 is 10.7. The van der Waals surface area contributed by atoms with Crippen LogP contribution in [0.2, 0.25) is 0 Å². The summed E-state index contributed by atoms with van der Waals surface area (Å²) in [5, 5.41) is 8.12. The van der Waals surface area contributed by atoms with Crippen molar-refractivity contribution in [2.45, 2.75) is 20.3 Å². The van der Waals surface area contributed by atoms with E-state index in [2.05, 4.69) is 41.8 Å². The van der Waals surface area contributed by atoms with Gasteiger partial charge in [-0.05, 0) is 61.4 Å². The molecule has 0 aliphatic heterocycles.